The molecule has 1 aromatic heterocycles. The fraction of sp³-hybridized carbons (Fsp3) is 0.583. The van der Waals surface area contributed by atoms with E-state index in [0.717, 1.165) is 26.1 Å². The number of nitrogens with zero attached hydrogens (tertiary/aromatic N) is 2. The van der Waals surface area contributed by atoms with Crippen molar-refractivity contribution in [3.63, 3.8) is 0 Å². The van der Waals surface area contributed by atoms with Crippen LogP contribution in [0.3, 0.4) is 0 Å². The normalized spacial score (nSPS) is 22.9. The van der Waals surface area contributed by atoms with Crippen LogP contribution >= 0.6 is 11.6 Å². The summed E-state index contributed by atoms with van der Waals surface area (Å²) < 4.78 is 0. The molecule has 2 nitrogen and oxygen atoms in total. The van der Waals surface area contributed by atoms with E-state index in [2.05, 4.69) is 22.9 Å². The van der Waals surface area contributed by atoms with Crippen LogP contribution in [0.5, 0.6) is 0 Å². The number of piperidine rings is 1. The van der Waals surface area contributed by atoms with Gasteiger partial charge in [-0.15, -0.1) is 11.6 Å². The number of pyridine rings is 1. The SMILES string of the molecule is Cc1cncc(CN2CCCC(Cl)C2)c1. The first kappa shape index (κ1) is 10.9. The molecule has 0 N–H and O–H groups in total. The minimum Gasteiger partial charge on any atom is -0.298 e. The summed E-state index contributed by atoms with van der Waals surface area (Å²) >= 11 is 6.15. The van der Waals surface area contributed by atoms with E-state index in [-0.39, 0.29) is 0 Å². The van der Waals surface area contributed by atoms with Crippen molar-refractivity contribution in [2.24, 2.45) is 0 Å². The van der Waals surface area contributed by atoms with Crippen LogP contribution in [0, 0.1) is 6.92 Å². The smallest absolute Gasteiger partial charge is 0.0463 e. The van der Waals surface area contributed by atoms with E-state index in [1.165, 1.54) is 17.5 Å². The van der Waals surface area contributed by atoms with Gasteiger partial charge in [0.1, 0.15) is 0 Å². The van der Waals surface area contributed by atoms with Gasteiger partial charge in [0.15, 0.2) is 0 Å². The Morgan fingerprint density at radius 3 is 3.13 bits per heavy atom. The number of rotatable bonds is 2. The lowest BCUT2D eigenvalue weighted by Gasteiger charge is -2.29. The van der Waals surface area contributed by atoms with Gasteiger partial charge >= 0.3 is 0 Å². The summed E-state index contributed by atoms with van der Waals surface area (Å²) in [5, 5.41) is 0.330. The Bertz CT molecular complexity index is 327. The van der Waals surface area contributed by atoms with Gasteiger partial charge in [0.2, 0.25) is 0 Å². The van der Waals surface area contributed by atoms with E-state index in [0.29, 0.717) is 5.38 Å². The third kappa shape index (κ3) is 3.18. The maximum absolute atomic E-state index is 6.15. The van der Waals surface area contributed by atoms with Gasteiger partial charge in [0, 0.05) is 30.9 Å². The van der Waals surface area contributed by atoms with Crippen molar-refractivity contribution >= 4 is 11.6 Å². The summed E-state index contributed by atoms with van der Waals surface area (Å²) in [6.45, 7) is 5.24. The molecule has 0 saturated carbocycles. The molecule has 1 aliphatic rings. The van der Waals surface area contributed by atoms with Gasteiger partial charge in [0.25, 0.3) is 0 Å². The molecule has 1 unspecified atom stereocenters. The van der Waals surface area contributed by atoms with E-state index in [9.17, 15) is 0 Å². The summed E-state index contributed by atoms with van der Waals surface area (Å²) in [5.74, 6) is 0. The van der Waals surface area contributed by atoms with Crippen molar-refractivity contribution in [3.05, 3.63) is 29.6 Å². The number of hydrogen-bond acceptors (Lipinski definition) is 2. The molecule has 15 heavy (non-hydrogen) atoms. The van der Waals surface area contributed by atoms with Crippen LogP contribution in [-0.4, -0.2) is 28.4 Å². The zero-order valence-electron chi connectivity index (χ0n) is 9.12. The molecule has 0 radical (unpaired) electrons. The van der Waals surface area contributed by atoms with Gasteiger partial charge in [-0.1, -0.05) is 6.07 Å². The molecule has 1 fully saturated rings. The molecule has 0 aliphatic carbocycles. The topological polar surface area (TPSA) is 16.1 Å². The quantitative estimate of drug-likeness (QED) is 0.718. The molecule has 0 bridgehead atoms. The zero-order chi connectivity index (χ0) is 10.7. The van der Waals surface area contributed by atoms with Crippen molar-refractivity contribution in [3.8, 4) is 0 Å². The third-order valence-electron chi connectivity index (χ3n) is 2.79. The van der Waals surface area contributed by atoms with Crippen molar-refractivity contribution in [1.82, 2.24) is 9.88 Å². The van der Waals surface area contributed by atoms with Gasteiger partial charge < -0.3 is 0 Å². The van der Waals surface area contributed by atoms with Crippen LogP contribution < -0.4 is 0 Å². The Morgan fingerprint density at radius 1 is 1.53 bits per heavy atom. The Morgan fingerprint density at radius 2 is 2.40 bits per heavy atom. The molecule has 2 rings (SSSR count). The molecule has 1 saturated heterocycles. The summed E-state index contributed by atoms with van der Waals surface area (Å²) in [4.78, 5) is 6.62. The Balaban J connectivity index is 1.96. The maximum Gasteiger partial charge on any atom is 0.0463 e. The molecule has 1 aliphatic heterocycles. The second kappa shape index (κ2) is 4.95. The predicted molar refractivity (Wildman–Crippen MR) is 63.1 cm³/mol. The van der Waals surface area contributed by atoms with Gasteiger partial charge in [-0.05, 0) is 37.4 Å². The number of aromatic nitrogens is 1. The number of likely N-dealkylation sites (tertiary alicyclic amines) is 1. The van der Waals surface area contributed by atoms with Gasteiger partial charge in [-0.25, -0.2) is 0 Å². The molecule has 3 heteroatoms. The number of alkyl halides is 1. The van der Waals surface area contributed by atoms with Crippen LogP contribution in [0.25, 0.3) is 0 Å². The molecule has 2 heterocycles. The minimum absolute atomic E-state index is 0.330. The summed E-state index contributed by atoms with van der Waals surface area (Å²) in [6, 6.07) is 2.20. The van der Waals surface area contributed by atoms with Crippen molar-refractivity contribution in [2.45, 2.75) is 31.7 Å². The van der Waals surface area contributed by atoms with E-state index >= 15 is 0 Å². The van der Waals surface area contributed by atoms with E-state index in [4.69, 9.17) is 11.6 Å². The minimum atomic E-state index is 0.330. The number of hydrogen-bond donors (Lipinski definition) is 0. The Labute approximate surface area is 96.3 Å². The highest BCUT2D eigenvalue weighted by atomic mass is 35.5. The Kier molecular flexibility index (Phi) is 3.60. The molecule has 0 spiro atoms. The zero-order valence-corrected chi connectivity index (χ0v) is 9.87. The summed E-state index contributed by atoms with van der Waals surface area (Å²) in [7, 11) is 0. The maximum atomic E-state index is 6.15. The number of aryl methyl sites for hydroxylation is 1. The van der Waals surface area contributed by atoms with Crippen molar-refractivity contribution in [2.75, 3.05) is 13.1 Å². The summed E-state index contributed by atoms with van der Waals surface area (Å²) in [5.41, 5.74) is 2.52. The molecule has 1 aromatic rings. The van der Waals surface area contributed by atoms with Crippen LogP contribution in [0.1, 0.15) is 24.0 Å². The monoisotopic (exact) mass is 224 g/mol. The predicted octanol–water partition coefficient (Wildman–Crippen LogP) is 2.59. The number of halogens is 1. The van der Waals surface area contributed by atoms with Crippen molar-refractivity contribution < 1.29 is 0 Å². The largest absolute Gasteiger partial charge is 0.298 e. The fourth-order valence-corrected chi connectivity index (χ4v) is 2.45. The summed E-state index contributed by atoms with van der Waals surface area (Å²) in [6.07, 6.45) is 6.21. The van der Waals surface area contributed by atoms with Gasteiger partial charge in [0.05, 0.1) is 0 Å². The molecular formula is C12H17ClN2. The van der Waals surface area contributed by atoms with E-state index in [1.807, 2.05) is 12.4 Å². The fourth-order valence-electron chi connectivity index (χ4n) is 2.10. The van der Waals surface area contributed by atoms with Crippen LogP contribution in [-0.2, 0) is 6.54 Å². The van der Waals surface area contributed by atoms with Crippen LogP contribution in [0.4, 0.5) is 0 Å². The van der Waals surface area contributed by atoms with Gasteiger partial charge in [-0.2, -0.15) is 0 Å². The highest BCUT2D eigenvalue weighted by Gasteiger charge is 2.17. The molecule has 1 atom stereocenters. The first-order valence-electron chi connectivity index (χ1n) is 5.51. The lowest BCUT2D eigenvalue weighted by Crippen LogP contribution is -2.35. The first-order chi connectivity index (χ1) is 7.24. The lowest BCUT2D eigenvalue weighted by molar-refractivity contribution is 0.224. The highest BCUT2D eigenvalue weighted by Crippen LogP contribution is 2.17. The molecule has 0 aromatic carbocycles. The molecule has 82 valence electrons. The average molecular weight is 225 g/mol. The van der Waals surface area contributed by atoms with Crippen LogP contribution in [0.15, 0.2) is 18.5 Å². The highest BCUT2D eigenvalue weighted by molar-refractivity contribution is 6.20. The van der Waals surface area contributed by atoms with Gasteiger partial charge in [-0.3, -0.25) is 9.88 Å². The second-order valence-corrected chi connectivity index (χ2v) is 4.96. The van der Waals surface area contributed by atoms with Crippen LogP contribution in [0.2, 0.25) is 0 Å². The lowest BCUT2D eigenvalue weighted by atomic mass is 10.1. The first-order valence-corrected chi connectivity index (χ1v) is 5.94. The molecule has 0 amide bonds. The average Bonchev–Trinajstić information content (AvgIpc) is 2.17. The van der Waals surface area contributed by atoms with E-state index < -0.39 is 0 Å². The second-order valence-electron chi connectivity index (χ2n) is 4.35. The molecular weight excluding hydrogens is 208 g/mol. The third-order valence-corrected chi connectivity index (χ3v) is 3.14. The van der Waals surface area contributed by atoms with Crippen molar-refractivity contribution in [1.29, 1.82) is 0 Å². The standard InChI is InChI=1S/C12H17ClN2/c1-10-5-11(7-14-6-10)8-15-4-2-3-12(13)9-15/h5-7,12H,2-4,8-9H2,1H3. The Hall–Kier alpha value is -0.600. The van der Waals surface area contributed by atoms with E-state index in [1.54, 1.807) is 0 Å².